The third-order valence-corrected chi connectivity index (χ3v) is 5.86. The van der Waals surface area contributed by atoms with Crippen molar-refractivity contribution >= 4 is 33.5 Å². The minimum atomic E-state index is 0.320. The number of methoxy groups -OCH3 is 1. The first-order valence-electron chi connectivity index (χ1n) is 9.65. The SMILES string of the molecule is COc1cc(-c2ccc3ncc4c(c3c2)n(-c2cncnc2C)c(=N)n4C)ccc1Cl. The molecule has 0 aliphatic rings. The number of imidazole rings is 1. The lowest BCUT2D eigenvalue weighted by atomic mass is 10.0. The van der Waals surface area contributed by atoms with Crippen LogP contribution in [-0.4, -0.2) is 31.2 Å². The predicted molar refractivity (Wildman–Crippen MR) is 121 cm³/mol. The van der Waals surface area contributed by atoms with Gasteiger partial charge in [-0.1, -0.05) is 23.7 Å². The summed E-state index contributed by atoms with van der Waals surface area (Å²) in [5.74, 6) is 0.621. The van der Waals surface area contributed by atoms with Gasteiger partial charge in [0.05, 0.1) is 52.5 Å². The van der Waals surface area contributed by atoms with Gasteiger partial charge in [0.15, 0.2) is 0 Å². The Morgan fingerprint density at radius 2 is 1.81 bits per heavy atom. The Bertz CT molecular complexity index is 1540. The number of aromatic nitrogens is 5. The first-order valence-corrected chi connectivity index (χ1v) is 10.0. The maximum Gasteiger partial charge on any atom is 0.207 e. The van der Waals surface area contributed by atoms with Crippen LogP contribution in [0.1, 0.15) is 5.69 Å². The maximum absolute atomic E-state index is 8.74. The number of benzene rings is 2. The van der Waals surface area contributed by atoms with E-state index in [1.54, 1.807) is 19.5 Å². The summed E-state index contributed by atoms with van der Waals surface area (Å²) in [6.07, 6.45) is 5.05. The Morgan fingerprint density at radius 3 is 2.58 bits per heavy atom. The first kappa shape index (κ1) is 19.3. The number of nitrogens with one attached hydrogen (secondary N) is 1. The second-order valence-corrected chi connectivity index (χ2v) is 7.69. The molecular weight excluding hydrogens is 412 g/mol. The third kappa shape index (κ3) is 2.97. The molecule has 0 atom stereocenters. The molecular formula is C23H19ClN6O. The van der Waals surface area contributed by atoms with Gasteiger partial charge in [0.1, 0.15) is 12.1 Å². The summed E-state index contributed by atoms with van der Waals surface area (Å²) in [5, 5.41) is 10.2. The van der Waals surface area contributed by atoms with Gasteiger partial charge in [0.2, 0.25) is 5.62 Å². The van der Waals surface area contributed by atoms with E-state index < -0.39 is 0 Å². The molecule has 0 bridgehead atoms. The number of pyridine rings is 1. The summed E-state index contributed by atoms with van der Waals surface area (Å²) >= 11 is 6.21. The fourth-order valence-corrected chi connectivity index (χ4v) is 4.07. The molecule has 0 spiro atoms. The van der Waals surface area contributed by atoms with E-state index in [4.69, 9.17) is 21.7 Å². The van der Waals surface area contributed by atoms with Gasteiger partial charge in [-0.25, -0.2) is 9.97 Å². The molecule has 0 amide bonds. The molecule has 8 heteroatoms. The van der Waals surface area contributed by atoms with Crippen molar-refractivity contribution in [3.05, 3.63) is 71.5 Å². The molecule has 3 heterocycles. The zero-order valence-electron chi connectivity index (χ0n) is 17.2. The molecule has 1 N–H and O–H groups in total. The monoisotopic (exact) mass is 430 g/mol. The highest BCUT2D eigenvalue weighted by atomic mass is 35.5. The van der Waals surface area contributed by atoms with Gasteiger partial charge in [-0.3, -0.25) is 15.0 Å². The second-order valence-electron chi connectivity index (χ2n) is 7.28. The van der Waals surface area contributed by atoms with Crippen molar-refractivity contribution in [3.8, 4) is 22.6 Å². The highest BCUT2D eigenvalue weighted by molar-refractivity contribution is 6.32. The highest BCUT2D eigenvalue weighted by Crippen LogP contribution is 2.33. The van der Waals surface area contributed by atoms with Gasteiger partial charge >= 0.3 is 0 Å². The number of rotatable bonds is 3. The summed E-state index contributed by atoms with van der Waals surface area (Å²) in [6.45, 7) is 1.91. The van der Waals surface area contributed by atoms with Crippen molar-refractivity contribution in [3.63, 3.8) is 0 Å². The lowest BCUT2D eigenvalue weighted by molar-refractivity contribution is 0.415. The number of fused-ring (bicyclic) bond motifs is 3. The standard InChI is InChI=1S/C23H19ClN6O/c1-13-19(10-26-12-28-13)30-22-16-8-14(15-4-6-17(24)21(9-15)31-3)5-7-18(16)27-11-20(22)29(2)23(30)25/h4-12,25H,1-3H3. The van der Waals surface area contributed by atoms with Crippen LogP contribution in [0.4, 0.5) is 0 Å². The van der Waals surface area contributed by atoms with Crippen LogP contribution in [0, 0.1) is 12.3 Å². The smallest absolute Gasteiger partial charge is 0.207 e. The summed E-state index contributed by atoms with van der Waals surface area (Å²) in [6, 6.07) is 11.8. The van der Waals surface area contributed by atoms with Crippen LogP contribution < -0.4 is 10.4 Å². The number of ether oxygens (including phenoxy) is 1. The summed E-state index contributed by atoms with van der Waals surface area (Å²) < 4.78 is 9.07. The van der Waals surface area contributed by atoms with E-state index in [0.29, 0.717) is 16.4 Å². The van der Waals surface area contributed by atoms with Crippen molar-refractivity contribution in [2.24, 2.45) is 7.05 Å². The molecule has 154 valence electrons. The van der Waals surface area contributed by atoms with Crippen molar-refractivity contribution in [1.82, 2.24) is 24.1 Å². The zero-order valence-corrected chi connectivity index (χ0v) is 18.0. The number of hydrogen-bond donors (Lipinski definition) is 1. The fraction of sp³-hybridized carbons (Fsp3) is 0.130. The summed E-state index contributed by atoms with van der Waals surface area (Å²) in [4.78, 5) is 13.1. The van der Waals surface area contributed by atoms with Gasteiger partial charge in [0, 0.05) is 12.4 Å². The molecule has 0 saturated carbocycles. The van der Waals surface area contributed by atoms with Crippen LogP contribution in [-0.2, 0) is 7.05 Å². The lowest BCUT2D eigenvalue weighted by Gasteiger charge is -2.10. The van der Waals surface area contributed by atoms with Gasteiger partial charge in [0.25, 0.3) is 0 Å². The quantitative estimate of drug-likeness (QED) is 0.459. The summed E-state index contributed by atoms with van der Waals surface area (Å²) in [7, 11) is 3.47. The number of hydrogen-bond acceptors (Lipinski definition) is 5. The van der Waals surface area contributed by atoms with E-state index in [2.05, 4.69) is 21.0 Å². The van der Waals surface area contributed by atoms with Crippen LogP contribution in [0.25, 0.3) is 38.8 Å². The molecule has 0 fully saturated rings. The fourth-order valence-electron chi connectivity index (χ4n) is 3.87. The number of aryl methyl sites for hydroxylation is 2. The van der Waals surface area contributed by atoms with E-state index in [1.807, 2.05) is 53.4 Å². The topological polar surface area (TPSA) is 81.6 Å². The molecule has 5 rings (SSSR count). The number of nitrogens with zero attached hydrogens (tertiary/aromatic N) is 5. The Labute approximate surface area is 183 Å². The van der Waals surface area contributed by atoms with Crippen LogP contribution in [0.5, 0.6) is 5.75 Å². The normalized spacial score (nSPS) is 11.4. The molecule has 0 aliphatic heterocycles. The molecule has 0 aliphatic carbocycles. The van der Waals surface area contributed by atoms with Gasteiger partial charge in [-0.15, -0.1) is 0 Å². The van der Waals surface area contributed by atoms with E-state index in [9.17, 15) is 0 Å². The molecule has 2 aromatic carbocycles. The van der Waals surface area contributed by atoms with Crippen LogP contribution >= 0.6 is 11.6 Å². The maximum atomic E-state index is 8.74. The molecule has 0 radical (unpaired) electrons. The summed E-state index contributed by atoms with van der Waals surface area (Å²) in [5.41, 5.74) is 6.44. The Hall–Kier alpha value is -3.71. The Balaban J connectivity index is 1.86. The average Bonchev–Trinajstić information content (AvgIpc) is 3.04. The Kier molecular flexibility index (Phi) is 4.48. The largest absolute Gasteiger partial charge is 0.495 e. The second kappa shape index (κ2) is 7.21. The molecule has 3 aromatic heterocycles. The van der Waals surface area contributed by atoms with Crippen LogP contribution in [0.2, 0.25) is 5.02 Å². The Morgan fingerprint density at radius 1 is 1.03 bits per heavy atom. The van der Waals surface area contributed by atoms with Crippen molar-refractivity contribution in [2.45, 2.75) is 6.92 Å². The minimum Gasteiger partial charge on any atom is -0.495 e. The average molecular weight is 431 g/mol. The van der Waals surface area contributed by atoms with Gasteiger partial charge in [-0.05, 0) is 42.3 Å². The van der Waals surface area contributed by atoms with E-state index >= 15 is 0 Å². The van der Waals surface area contributed by atoms with Crippen LogP contribution in [0.3, 0.4) is 0 Å². The van der Waals surface area contributed by atoms with Crippen molar-refractivity contribution in [1.29, 1.82) is 5.41 Å². The molecule has 7 nitrogen and oxygen atoms in total. The molecule has 0 unspecified atom stereocenters. The van der Waals surface area contributed by atoms with Crippen molar-refractivity contribution in [2.75, 3.05) is 7.11 Å². The van der Waals surface area contributed by atoms with E-state index in [-0.39, 0.29) is 0 Å². The number of halogens is 1. The zero-order chi connectivity index (χ0) is 21.7. The van der Waals surface area contributed by atoms with Gasteiger partial charge in [-0.2, -0.15) is 0 Å². The molecule has 0 saturated heterocycles. The van der Waals surface area contributed by atoms with E-state index in [0.717, 1.165) is 44.4 Å². The van der Waals surface area contributed by atoms with Crippen LogP contribution in [0.15, 0.2) is 55.1 Å². The molecule has 5 aromatic rings. The minimum absolute atomic E-state index is 0.320. The lowest BCUT2D eigenvalue weighted by Crippen LogP contribution is -2.22. The van der Waals surface area contributed by atoms with E-state index in [1.165, 1.54) is 6.33 Å². The predicted octanol–water partition coefficient (Wildman–Crippen LogP) is 4.42. The first-order chi connectivity index (χ1) is 15.0. The third-order valence-electron chi connectivity index (χ3n) is 5.55. The van der Waals surface area contributed by atoms with Gasteiger partial charge < -0.3 is 9.30 Å². The van der Waals surface area contributed by atoms with Crippen molar-refractivity contribution < 1.29 is 4.74 Å². The molecule has 31 heavy (non-hydrogen) atoms. The highest BCUT2D eigenvalue weighted by Gasteiger charge is 2.17.